The van der Waals surface area contributed by atoms with Crippen molar-refractivity contribution in [1.82, 2.24) is 24.3 Å². The van der Waals surface area contributed by atoms with Crippen molar-refractivity contribution < 1.29 is 9.13 Å². The number of imidazole rings is 1. The predicted molar refractivity (Wildman–Crippen MR) is 132 cm³/mol. The van der Waals surface area contributed by atoms with E-state index in [4.69, 9.17) is 9.72 Å². The number of ether oxygens (including phenoxy) is 1. The maximum atomic E-state index is 14.7. The van der Waals surface area contributed by atoms with E-state index in [0.717, 1.165) is 37.4 Å². The second kappa shape index (κ2) is 9.31. The number of methoxy groups -OCH3 is 1. The maximum absolute atomic E-state index is 14.7. The van der Waals surface area contributed by atoms with Gasteiger partial charge in [0.25, 0.3) is 0 Å². The van der Waals surface area contributed by atoms with Crippen molar-refractivity contribution in [3.05, 3.63) is 60.3 Å². The van der Waals surface area contributed by atoms with Gasteiger partial charge < -0.3 is 14.5 Å². The topological polar surface area (TPSA) is 82.6 Å². The molecule has 1 saturated heterocycles. The van der Waals surface area contributed by atoms with E-state index in [-0.39, 0.29) is 5.88 Å². The molecule has 0 unspecified atom stereocenters. The van der Waals surface area contributed by atoms with Gasteiger partial charge in [0.15, 0.2) is 5.82 Å². The lowest BCUT2D eigenvalue weighted by atomic mass is 10.00. The van der Waals surface area contributed by atoms with Crippen LogP contribution in [0, 0.1) is 17.1 Å². The second-order valence-electron chi connectivity index (χ2n) is 8.84. The first-order chi connectivity index (χ1) is 17.0. The van der Waals surface area contributed by atoms with E-state index in [1.165, 1.54) is 13.2 Å². The van der Waals surface area contributed by atoms with Gasteiger partial charge in [-0.15, -0.1) is 0 Å². The molecular formula is C26H26FN7O. The summed E-state index contributed by atoms with van der Waals surface area (Å²) in [6, 6.07) is 11.3. The first kappa shape index (κ1) is 22.7. The fourth-order valence-electron chi connectivity index (χ4n) is 4.66. The summed E-state index contributed by atoms with van der Waals surface area (Å²) in [6.45, 7) is 1.74. The molecule has 0 spiro atoms. The third-order valence-electron chi connectivity index (χ3n) is 6.58. The first-order valence-corrected chi connectivity index (χ1v) is 11.5. The molecule has 0 bridgehead atoms. The Hall–Kier alpha value is -4.03. The van der Waals surface area contributed by atoms with Crippen LogP contribution in [-0.2, 0) is 0 Å². The molecule has 0 aliphatic carbocycles. The number of nitrogens with zero attached hydrogens (tertiary/aromatic N) is 7. The highest BCUT2D eigenvalue weighted by Crippen LogP contribution is 2.37. The number of anilines is 1. The Kier molecular flexibility index (Phi) is 6.05. The lowest BCUT2D eigenvalue weighted by molar-refractivity contribution is 0.249. The highest BCUT2D eigenvalue weighted by Gasteiger charge is 2.26. The Morgan fingerprint density at radius 3 is 2.49 bits per heavy atom. The molecule has 5 rings (SSSR count). The maximum Gasteiger partial charge on any atom is 0.250 e. The summed E-state index contributed by atoms with van der Waals surface area (Å²) in [5.74, 6) is 0.163. The van der Waals surface area contributed by atoms with E-state index >= 15 is 0 Å². The highest BCUT2D eigenvalue weighted by atomic mass is 19.1. The minimum Gasteiger partial charge on any atom is -0.479 e. The summed E-state index contributed by atoms with van der Waals surface area (Å²) in [7, 11) is 5.62. The molecule has 178 valence electrons. The molecule has 0 amide bonds. The molecule has 1 aromatic carbocycles. The van der Waals surface area contributed by atoms with Crippen LogP contribution in [0.3, 0.4) is 0 Å². The molecular weight excluding hydrogens is 445 g/mol. The highest BCUT2D eigenvalue weighted by molar-refractivity contribution is 5.91. The number of hydrogen-bond acceptors (Lipinski definition) is 7. The Labute approximate surface area is 203 Å². The number of piperidine rings is 1. The molecule has 0 saturated carbocycles. The summed E-state index contributed by atoms with van der Waals surface area (Å²) in [5, 5.41) is 9.25. The minimum atomic E-state index is -0.560. The zero-order chi connectivity index (χ0) is 24.5. The lowest BCUT2D eigenvalue weighted by Crippen LogP contribution is -2.43. The van der Waals surface area contributed by atoms with Crippen LogP contribution in [0.1, 0.15) is 18.4 Å². The van der Waals surface area contributed by atoms with Crippen LogP contribution in [0.15, 0.2) is 48.9 Å². The Bertz CT molecular complexity index is 1400. The van der Waals surface area contributed by atoms with Gasteiger partial charge in [0.1, 0.15) is 5.65 Å². The zero-order valence-corrected chi connectivity index (χ0v) is 19.9. The Morgan fingerprint density at radius 2 is 1.86 bits per heavy atom. The van der Waals surface area contributed by atoms with E-state index in [2.05, 4.69) is 39.9 Å². The van der Waals surface area contributed by atoms with Crippen molar-refractivity contribution in [1.29, 1.82) is 5.26 Å². The van der Waals surface area contributed by atoms with Crippen molar-refractivity contribution in [3.63, 3.8) is 0 Å². The van der Waals surface area contributed by atoms with Gasteiger partial charge >= 0.3 is 0 Å². The van der Waals surface area contributed by atoms with Gasteiger partial charge in [0.2, 0.25) is 11.8 Å². The van der Waals surface area contributed by atoms with Crippen LogP contribution in [-0.4, -0.2) is 64.6 Å². The third kappa shape index (κ3) is 4.17. The van der Waals surface area contributed by atoms with Crippen molar-refractivity contribution in [2.75, 3.05) is 39.2 Å². The summed E-state index contributed by atoms with van der Waals surface area (Å²) in [6.07, 6.45) is 7.25. The first-order valence-electron chi connectivity index (χ1n) is 11.5. The zero-order valence-electron chi connectivity index (χ0n) is 19.9. The van der Waals surface area contributed by atoms with Crippen LogP contribution < -0.4 is 9.64 Å². The number of nitriles is 1. The molecule has 35 heavy (non-hydrogen) atoms. The normalized spacial score (nSPS) is 14.5. The molecule has 1 fully saturated rings. The predicted octanol–water partition coefficient (Wildman–Crippen LogP) is 4.01. The van der Waals surface area contributed by atoms with E-state index in [1.807, 2.05) is 22.7 Å². The average Bonchev–Trinajstić information content (AvgIpc) is 3.37. The van der Waals surface area contributed by atoms with Gasteiger partial charge in [-0.25, -0.2) is 19.3 Å². The molecule has 0 radical (unpaired) electrons. The van der Waals surface area contributed by atoms with E-state index < -0.39 is 5.82 Å². The summed E-state index contributed by atoms with van der Waals surface area (Å²) in [4.78, 5) is 18.4. The number of rotatable bonds is 5. The van der Waals surface area contributed by atoms with Crippen molar-refractivity contribution >= 4 is 11.6 Å². The van der Waals surface area contributed by atoms with Crippen LogP contribution >= 0.6 is 0 Å². The van der Waals surface area contributed by atoms with Gasteiger partial charge in [0.05, 0.1) is 30.0 Å². The number of hydrogen-bond donors (Lipinski definition) is 0. The van der Waals surface area contributed by atoms with E-state index in [9.17, 15) is 9.65 Å². The van der Waals surface area contributed by atoms with Gasteiger partial charge in [-0.3, -0.25) is 4.40 Å². The number of fused-ring (bicyclic) bond motifs is 1. The van der Waals surface area contributed by atoms with E-state index in [0.29, 0.717) is 34.1 Å². The molecule has 9 heteroatoms. The van der Waals surface area contributed by atoms with Crippen molar-refractivity contribution in [3.8, 4) is 34.3 Å². The molecule has 4 aromatic rings. The second-order valence-corrected chi connectivity index (χ2v) is 8.84. The van der Waals surface area contributed by atoms with Crippen LogP contribution in [0.4, 0.5) is 10.3 Å². The van der Waals surface area contributed by atoms with Gasteiger partial charge in [-0.05, 0) is 45.1 Å². The van der Waals surface area contributed by atoms with Crippen molar-refractivity contribution in [2.24, 2.45) is 0 Å². The molecule has 8 nitrogen and oxygen atoms in total. The molecule has 0 atom stereocenters. The molecule has 0 N–H and O–H groups in total. The van der Waals surface area contributed by atoms with Crippen LogP contribution in [0.25, 0.3) is 28.0 Å². The summed E-state index contributed by atoms with van der Waals surface area (Å²) >= 11 is 0. The van der Waals surface area contributed by atoms with Crippen LogP contribution in [0.5, 0.6) is 5.88 Å². The molecule has 1 aliphatic heterocycles. The van der Waals surface area contributed by atoms with Crippen molar-refractivity contribution in [2.45, 2.75) is 18.9 Å². The van der Waals surface area contributed by atoms with Gasteiger partial charge in [-0.2, -0.15) is 5.26 Å². The molecule has 4 heterocycles. The molecule has 1 aliphatic rings. The van der Waals surface area contributed by atoms with E-state index in [1.54, 1.807) is 24.5 Å². The Morgan fingerprint density at radius 1 is 1.11 bits per heavy atom. The Balaban J connectivity index is 1.70. The largest absolute Gasteiger partial charge is 0.479 e. The molecule has 3 aromatic heterocycles. The standard InChI is InChI=1S/C26H26FN7O/c1-32(2)20-8-11-33(12-9-20)26-31-23(18-6-4-17(15-28)5-7-18)22(24-29-10-13-34(24)26)19-14-21(27)25(35-3)30-16-19/h4-7,10,13-14,16,20H,8-9,11-12H2,1-3H3. The lowest BCUT2D eigenvalue weighted by Gasteiger charge is -2.36. The van der Waals surface area contributed by atoms with Crippen LogP contribution in [0.2, 0.25) is 0 Å². The summed E-state index contributed by atoms with van der Waals surface area (Å²) in [5.41, 5.74) is 3.90. The smallest absolute Gasteiger partial charge is 0.250 e. The number of benzene rings is 1. The monoisotopic (exact) mass is 471 g/mol. The van der Waals surface area contributed by atoms with Gasteiger partial charge in [-0.1, -0.05) is 12.1 Å². The third-order valence-corrected chi connectivity index (χ3v) is 6.58. The minimum absolute atomic E-state index is 0.0682. The quantitative estimate of drug-likeness (QED) is 0.435. The number of pyridine rings is 1. The van der Waals surface area contributed by atoms with Gasteiger partial charge in [0, 0.05) is 48.8 Å². The number of aromatic nitrogens is 4. The SMILES string of the molecule is COc1ncc(-c2c(-c3ccc(C#N)cc3)nc(N3CCC(N(C)C)CC3)n3ccnc23)cc1F. The fraction of sp³-hybridized carbons (Fsp3) is 0.308. The fourth-order valence-corrected chi connectivity index (χ4v) is 4.66. The average molecular weight is 472 g/mol. The summed E-state index contributed by atoms with van der Waals surface area (Å²) < 4.78 is 21.7. The number of halogens is 1.